The van der Waals surface area contributed by atoms with Gasteiger partial charge in [0, 0.05) is 18.2 Å². The first-order valence-electron chi connectivity index (χ1n) is 5.60. The molecule has 0 spiro atoms. The molecule has 0 saturated heterocycles. The Balaban J connectivity index is 2.29. The summed E-state index contributed by atoms with van der Waals surface area (Å²) < 4.78 is 5.78. The average molecular weight is 214 g/mol. The fraction of sp³-hybridized carbons (Fsp3) is 0.357. The number of benzene rings is 1. The van der Waals surface area contributed by atoms with Crippen LogP contribution in [0.25, 0.3) is 11.0 Å². The van der Waals surface area contributed by atoms with Gasteiger partial charge in [-0.15, -0.1) is 0 Å². The maximum atomic E-state index is 12.1. The van der Waals surface area contributed by atoms with Crippen LogP contribution in [0.4, 0.5) is 0 Å². The predicted molar refractivity (Wildman–Crippen MR) is 62.6 cm³/mol. The minimum absolute atomic E-state index is 0.0258. The molecule has 0 bridgehead atoms. The standard InChI is InChI=1S/C14H14O2/c1-14(2)7-10(15)13-9-5-3-4-6-11(9)16-12(13)8-14/h3-6H,7-8H2,1-2H3. The summed E-state index contributed by atoms with van der Waals surface area (Å²) in [6.07, 6.45) is 1.46. The molecule has 0 aliphatic heterocycles. The third-order valence-corrected chi connectivity index (χ3v) is 3.23. The van der Waals surface area contributed by atoms with Crippen LogP contribution in [0.15, 0.2) is 28.7 Å². The number of Topliss-reactive ketones (excluding diaryl/α,β-unsaturated/α-hetero) is 1. The molecular formula is C14H14O2. The number of hydrogen-bond acceptors (Lipinski definition) is 2. The van der Waals surface area contributed by atoms with Crippen LogP contribution in [0.5, 0.6) is 0 Å². The number of para-hydroxylation sites is 1. The quantitative estimate of drug-likeness (QED) is 0.670. The van der Waals surface area contributed by atoms with Gasteiger partial charge < -0.3 is 4.42 Å². The Hall–Kier alpha value is -1.57. The van der Waals surface area contributed by atoms with Gasteiger partial charge in [0.2, 0.25) is 0 Å². The second-order valence-electron chi connectivity index (χ2n) is 5.34. The molecule has 1 heterocycles. The SMILES string of the molecule is CC1(C)CC(=O)c2c(oc3ccccc23)C1. The van der Waals surface area contributed by atoms with Crippen LogP contribution in [-0.4, -0.2) is 5.78 Å². The molecule has 3 rings (SSSR count). The van der Waals surface area contributed by atoms with Crippen molar-refractivity contribution < 1.29 is 9.21 Å². The van der Waals surface area contributed by atoms with Crippen molar-refractivity contribution in [3.8, 4) is 0 Å². The van der Waals surface area contributed by atoms with Gasteiger partial charge >= 0.3 is 0 Å². The minimum Gasteiger partial charge on any atom is -0.460 e. The molecule has 0 amide bonds. The molecule has 0 N–H and O–H groups in total. The predicted octanol–water partition coefficient (Wildman–Crippen LogP) is 3.59. The van der Waals surface area contributed by atoms with Crippen molar-refractivity contribution in [1.82, 2.24) is 0 Å². The van der Waals surface area contributed by atoms with E-state index in [2.05, 4.69) is 13.8 Å². The van der Waals surface area contributed by atoms with Gasteiger partial charge in [-0.05, 0) is 11.5 Å². The first-order chi connectivity index (χ1) is 7.57. The number of carbonyl (C=O) groups excluding carboxylic acids is 1. The fourth-order valence-corrected chi connectivity index (χ4v) is 2.55. The Morgan fingerprint density at radius 2 is 1.94 bits per heavy atom. The van der Waals surface area contributed by atoms with Crippen molar-refractivity contribution >= 4 is 16.8 Å². The van der Waals surface area contributed by atoms with Crippen LogP contribution >= 0.6 is 0 Å². The first-order valence-corrected chi connectivity index (χ1v) is 5.60. The lowest BCUT2D eigenvalue weighted by Crippen LogP contribution is -2.25. The van der Waals surface area contributed by atoms with E-state index in [0.29, 0.717) is 6.42 Å². The molecule has 1 aliphatic rings. The molecule has 2 nitrogen and oxygen atoms in total. The van der Waals surface area contributed by atoms with E-state index in [9.17, 15) is 4.79 Å². The third kappa shape index (κ3) is 1.29. The van der Waals surface area contributed by atoms with Crippen molar-refractivity contribution in [2.45, 2.75) is 26.7 Å². The van der Waals surface area contributed by atoms with Crippen LogP contribution in [0.3, 0.4) is 0 Å². The first kappa shape index (κ1) is 9.64. The Labute approximate surface area is 94.3 Å². The molecule has 1 aliphatic carbocycles. The zero-order valence-corrected chi connectivity index (χ0v) is 9.54. The van der Waals surface area contributed by atoms with Crippen LogP contribution in [0.1, 0.15) is 36.4 Å². The van der Waals surface area contributed by atoms with Gasteiger partial charge in [-0.1, -0.05) is 32.0 Å². The maximum absolute atomic E-state index is 12.1. The van der Waals surface area contributed by atoms with E-state index in [4.69, 9.17) is 4.42 Å². The van der Waals surface area contributed by atoms with Gasteiger partial charge in [-0.3, -0.25) is 4.79 Å². The van der Waals surface area contributed by atoms with Gasteiger partial charge in [0.15, 0.2) is 5.78 Å². The van der Waals surface area contributed by atoms with Crippen molar-refractivity contribution in [3.63, 3.8) is 0 Å². The highest BCUT2D eigenvalue weighted by molar-refractivity contribution is 6.09. The number of carbonyl (C=O) groups is 1. The smallest absolute Gasteiger partial charge is 0.167 e. The lowest BCUT2D eigenvalue weighted by Gasteiger charge is -2.27. The molecule has 0 saturated carbocycles. The summed E-state index contributed by atoms with van der Waals surface area (Å²) in [5.74, 6) is 1.08. The zero-order valence-electron chi connectivity index (χ0n) is 9.54. The Morgan fingerprint density at radius 1 is 1.19 bits per heavy atom. The monoisotopic (exact) mass is 214 g/mol. The average Bonchev–Trinajstić information content (AvgIpc) is 2.52. The van der Waals surface area contributed by atoms with Crippen LogP contribution < -0.4 is 0 Å². The highest BCUT2D eigenvalue weighted by atomic mass is 16.3. The summed E-state index contributed by atoms with van der Waals surface area (Å²) in [7, 11) is 0. The highest BCUT2D eigenvalue weighted by Gasteiger charge is 2.34. The molecule has 82 valence electrons. The molecule has 1 aromatic heterocycles. The summed E-state index contributed by atoms with van der Waals surface area (Å²) in [6.45, 7) is 4.22. The molecule has 0 fully saturated rings. The molecule has 16 heavy (non-hydrogen) atoms. The minimum atomic E-state index is 0.0258. The summed E-state index contributed by atoms with van der Waals surface area (Å²) in [4.78, 5) is 12.1. The zero-order chi connectivity index (χ0) is 11.3. The van der Waals surface area contributed by atoms with E-state index < -0.39 is 0 Å². The van der Waals surface area contributed by atoms with Crippen LogP contribution in [-0.2, 0) is 6.42 Å². The van der Waals surface area contributed by atoms with Gasteiger partial charge in [0.05, 0.1) is 5.56 Å². The fourth-order valence-electron chi connectivity index (χ4n) is 2.55. The van der Waals surface area contributed by atoms with E-state index in [0.717, 1.165) is 28.7 Å². The van der Waals surface area contributed by atoms with E-state index >= 15 is 0 Å². The summed E-state index contributed by atoms with van der Waals surface area (Å²) in [6, 6.07) is 7.78. The summed E-state index contributed by atoms with van der Waals surface area (Å²) in [5, 5.41) is 0.970. The second kappa shape index (κ2) is 2.97. The van der Waals surface area contributed by atoms with Crippen molar-refractivity contribution in [3.05, 3.63) is 35.6 Å². The highest BCUT2D eigenvalue weighted by Crippen LogP contribution is 2.39. The van der Waals surface area contributed by atoms with Gasteiger partial charge in [0.25, 0.3) is 0 Å². The normalized spacial score (nSPS) is 18.8. The van der Waals surface area contributed by atoms with E-state index in [1.54, 1.807) is 0 Å². The summed E-state index contributed by atoms with van der Waals surface area (Å²) in [5.41, 5.74) is 1.67. The van der Waals surface area contributed by atoms with Crippen LogP contribution in [0, 0.1) is 5.41 Å². The largest absolute Gasteiger partial charge is 0.460 e. The molecule has 0 radical (unpaired) electrons. The topological polar surface area (TPSA) is 30.2 Å². The molecule has 0 unspecified atom stereocenters. The van der Waals surface area contributed by atoms with Gasteiger partial charge in [0.1, 0.15) is 11.3 Å². The Kier molecular flexibility index (Phi) is 1.79. The number of fused-ring (bicyclic) bond motifs is 3. The molecular weight excluding hydrogens is 200 g/mol. The van der Waals surface area contributed by atoms with E-state index in [1.165, 1.54) is 0 Å². The second-order valence-corrected chi connectivity index (χ2v) is 5.34. The summed E-state index contributed by atoms with van der Waals surface area (Å²) >= 11 is 0. The number of ketones is 1. The molecule has 1 aromatic carbocycles. The van der Waals surface area contributed by atoms with Crippen molar-refractivity contribution in [1.29, 1.82) is 0 Å². The van der Waals surface area contributed by atoms with Gasteiger partial charge in [-0.25, -0.2) is 0 Å². The molecule has 2 aromatic rings. The number of hydrogen-bond donors (Lipinski definition) is 0. The lowest BCUT2D eigenvalue weighted by molar-refractivity contribution is 0.0906. The van der Waals surface area contributed by atoms with E-state index in [-0.39, 0.29) is 11.2 Å². The third-order valence-electron chi connectivity index (χ3n) is 3.23. The maximum Gasteiger partial charge on any atom is 0.167 e. The van der Waals surface area contributed by atoms with Crippen molar-refractivity contribution in [2.75, 3.05) is 0 Å². The van der Waals surface area contributed by atoms with Crippen molar-refractivity contribution in [2.24, 2.45) is 5.41 Å². The molecule has 2 heteroatoms. The van der Waals surface area contributed by atoms with Gasteiger partial charge in [-0.2, -0.15) is 0 Å². The number of rotatable bonds is 0. The molecule has 0 atom stereocenters. The van der Waals surface area contributed by atoms with E-state index in [1.807, 2.05) is 24.3 Å². The number of furan rings is 1. The van der Waals surface area contributed by atoms with Crippen LogP contribution in [0.2, 0.25) is 0 Å². The Bertz CT molecular complexity index is 575. The Morgan fingerprint density at radius 3 is 2.75 bits per heavy atom. The lowest BCUT2D eigenvalue weighted by atomic mass is 9.76.